The highest BCUT2D eigenvalue weighted by Crippen LogP contribution is 2.33. The lowest BCUT2D eigenvalue weighted by atomic mass is 10.0. The van der Waals surface area contributed by atoms with Gasteiger partial charge in [-0.15, -0.1) is 0 Å². The highest BCUT2D eigenvalue weighted by atomic mass is 32.2. The molecule has 1 heterocycles. The molecule has 0 aromatic heterocycles. The van der Waals surface area contributed by atoms with Crippen molar-refractivity contribution >= 4 is 10.0 Å². The molecule has 1 saturated heterocycles. The lowest BCUT2D eigenvalue weighted by Crippen LogP contribution is -2.43. The van der Waals surface area contributed by atoms with E-state index >= 15 is 0 Å². The molecule has 1 fully saturated rings. The quantitative estimate of drug-likeness (QED) is 0.830. The average Bonchev–Trinajstić information content (AvgIpc) is 2.50. The van der Waals surface area contributed by atoms with Gasteiger partial charge < -0.3 is 4.74 Å². The molecule has 0 aliphatic carbocycles. The van der Waals surface area contributed by atoms with Gasteiger partial charge in [-0.25, -0.2) is 8.42 Å². The fraction of sp³-hybridized carbons (Fsp3) is 0.647. The van der Waals surface area contributed by atoms with Crippen LogP contribution in [0.5, 0.6) is 5.75 Å². The second-order valence-electron chi connectivity index (χ2n) is 5.99. The van der Waals surface area contributed by atoms with Crippen LogP contribution >= 0.6 is 0 Å². The molecule has 1 aliphatic heterocycles. The summed E-state index contributed by atoms with van der Waals surface area (Å²) in [5, 5.41) is 0. The largest absolute Gasteiger partial charge is 0.492 e. The summed E-state index contributed by atoms with van der Waals surface area (Å²) in [6.45, 7) is 8.92. The Bertz CT molecular complexity index is 625. The van der Waals surface area contributed by atoms with Gasteiger partial charge in [0.15, 0.2) is 0 Å². The molecule has 0 bridgehead atoms. The Kier molecular flexibility index (Phi) is 5.50. The van der Waals surface area contributed by atoms with E-state index < -0.39 is 10.0 Å². The first-order valence-electron chi connectivity index (χ1n) is 8.17. The highest BCUT2D eigenvalue weighted by molar-refractivity contribution is 7.89. The summed E-state index contributed by atoms with van der Waals surface area (Å²) in [6, 6.07) is 3.71. The summed E-state index contributed by atoms with van der Waals surface area (Å²) >= 11 is 0. The minimum Gasteiger partial charge on any atom is -0.492 e. The molecule has 2 rings (SSSR count). The number of benzene rings is 1. The molecule has 0 saturated carbocycles. The smallest absolute Gasteiger partial charge is 0.247 e. The third-order valence-corrected chi connectivity index (χ3v) is 6.46. The highest BCUT2D eigenvalue weighted by Gasteiger charge is 2.34. The van der Waals surface area contributed by atoms with Crippen LogP contribution in [-0.2, 0) is 10.0 Å². The van der Waals surface area contributed by atoms with E-state index in [0.717, 1.165) is 36.8 Å². The van der Waals surface area contributed by atoms with E-state index in [-0.39, 0.29) is 6.04 Å². The van der Waals surface area contributed by atoms with Gasteiger partial charge in [0.25, 0.3) is 0 Å². The van der Waals surface area contributed by atoms with Crippen molar-refractivity contribution in [3.63, 3.8) is 0 Å². The van der Waals surface area contributed by atoms with Gasteiger partial charge in [0.05, 0.1) is 6.61 Å². The average molecular weight is 325 g/mol. The van der Waals surface area contributed by atoms with Crippen molar-refractivity contribution < 1.29 is 13.2 Å². The molecule has 5 heteroatoms. The fourth-order valence-electron chi connectivity index (χ4n) is 3.06. The van der Waals surface area contributed by atoms with Gasteiger partial charge in [0, 0.05) is 12.6 Å². The molecule has 1 atom stereocenters. The van der Waals surface area contributed by atoms with E-state index in [1.807, 2.05) is 26.8 Å². The van der Waals surface area contributed by atoms with Crippen LogP contribution in [0.2, 0.25) is 0 Å². The SMILES string of the molecule is CCOc1cc(C)c(C)cc1S(=O)(=O)N1CCCCC1CC. The standard InChI is InChI=1S/C17H27NO3S/c1-5-15-9-7-8-10-18(15)22(19,20)17-12-14(4)13(3)11-16(17)21-6-2/h11-12,15H,5-10H2,1-4H3. The predicted molar refractivity (Wildman–Crippen MR) is 88.9 cm³/mol. The van der Waals surface area contributed by atoms with E-state index in [9.17, 15) is 8.42 Å². The van der Waals surface area contributed by atoms with Crippen LogP contribution in [0.25, 0.3) is 0 Å². The molecule has 1 unspecified atom stereocenters. The van der Waals surface area contributed by atoms with E-state index in [1.54, 1.807) is 10.4 Å². The second-order valence-corrected chi connectivity index (χ2v) is 7.85. The first-order chi connectivity index (χ1) is 10.4. The normalized spacial score (nSPS) is 20.1. The van der Waals surface area contributed by atoms with Gasteiger partial charge >= 0.3 is 0 Å². The molecule has 124 valence electrons. The number of rotatable bonds is 5. The van der Waals surface area contributed by atoms with Gasteiger partial charge in [-0.2, -0.15) is 4.31 Å². The molecule has 0 N–H and O–H groups in total. The number of aryl methyl sites for hydroxylation is 2. The van der Waals surface area contributed by atoms with Gasteiger partial charge in [-0.1, -0.05) is 13.3 Å². The summed E-state index contributed by atoms with van der Waals surface area (Å²) in [7, 11) is -3.51. The van der Waals surface area contributed by atoms with Crippen LogP contribution in [0.3, 0.4) is 0 Å². The second kappa shape index (κ2) is 7.01. The van der Waals surface area contributed by atoms with Crippen molar-refractivity contribution in [2.75, 3.05) is 13.2 Å². The van der Waals surface area contributed by atoms with Crippen molar-refractivity contribution in [2.24, 2.45) is 0 Å². The maximum absolute atomic E-state index is 13.2. The molecule has 1 aliphatic rings. The Balaban J connectivity index is 2.50. The van der Waals surface area contributed by atoms with Gasteiger partial charge in [0.2, 0.25) is 10.0 Å². The van der Waals surface area contributed by atoms with E-state index in [0.29, 0.717) is 23.8 Å². The van der Waals surface area contributed by atoms with Crippen molar-refractivity contribution in [1.29, 1.82) is 0 Å². The molecule has 1 aromatic rings. The predicted octanol–water partition coefficient (Wildman–Crippen LogP) is 3.66. The van der Waals surface area contributed by atoms with Crippen LogP contribution in [0.1, 0.15) is 50.7 Å². The van der Waals surface area contributed by atoms with Crippen LogP contribution < -0.4 is 4.74 Å². The molecule has 0 amide bonds. The number of piperidine rings is 1. The zero-order chi connectivity index (χ0) is 16.3. The molecule has 4 nitrogen and oxygen atoms in total. The maximum Gasteiger partial charge on any atom is 0.247 e. The Hall–Kier alpha value is -1.07. The number of ether oxygens (including phenoxy) is 1. The topological polar surface area (TPSA) is 46.6 Å². The first kappa shape index (κ1) is 17.3. The fourth-order valence-corrected chi connectivity index (χ4v) is 5.02. The zero-order valence-electron chi connectivity index (χ0n) is 14.1. The Morgan fingerprint density at radius 1 is 1.18 bits per heavy atom. The summed E-state index contributed by atoms with van der Waals surface area (Å²) in [4.78, 5) is 0.317. The van der Waals surface area contributed by atoms with Crippen LogP contribution in [0.4, 0.5) is 0 Å². The zero-order valence-corrected chi connectivity index (χ0v) is 14.9. The number of hydrogen-bond donors (Lipinski definition) is 0. The molecular formula is C17H27NO3S. The van der Waals surface area contributed by atoms with Crippen LogP contribution in [0, 0.1) is 13.8 Å². The monoisotopic (exact) mass is 325 g/mol. The Morgan fingerprint density at radius 2 is 1.86 bits per heavy atom. The van der Waals surface area contributed by atoms with Crippen molar-refractivity contribution in [3.05, 3.63) is 23.3 Å². The van der Waals surface area contributed by atoms with E-state index in [2.05, 4.69) is 6.92 Å². The summed E-state index contributed by atoms with van der Waals surface area (Å²) in [5.41, 5.74) is 2.03. The number of hydrogen-bond acceptors (Lipinski definition) is 3. The third kappa shape index (κ3) is 3.30. The lowest BCUT2D eigenvalue weighted by molar-refractivity contribution is 0.245. The van der Waals surface area contributed by atoms with Crippen molar-refractivity contribution in [2.45, 2.75) is 64.3 Å². The first-order valence-corrected chi connectivity index (χ1v) is 9.61. The number of sulfonamides is 1. The third-order valence-electron chi connectivity index (χ3n) is 4.49. The molecule has 22 heavy (non-hydrogen) atoms. The van der Waals surface area contributed by atoms with Gasteiger partial charge in [0.1, 0.15) is 10.6 Å². The molecule has 0 radical (unpaired) electrons. The van der Waals surface area contributed by atoms with Crippen LogP contribution in [-0.4, -0.2) is 31.9 Å². The van der Waals surface area contributed by atoms with Crippen molar-refractivity contribution in [1.82, 2.24) is 4.31 Å². The Morgan fingerprint density at radius 3 is 2.50 bits per heavy atom. The van der Waals surface area contributed by atoms with Crippen molar-refractivity contribution in [3.8, 4) is 5.75 Å². The number of nitrogens with zero attached hydrogens (tertiary/aromatic N) is 1. The minimum absolute atomic E-state index is 0.106. The summed E-state index contributed by atoms with van der Waals surface area (Å²) in [6.07, 6.45) is 3.85. The maximum atomic E-state index is 13.2. The summed E-state index contributed by atoms with van der Waals surface area (Å²) in [5.74, 6) is 0.478. The summed E-state index contributed by atoms with van der Waals surface area (Å²) < 4.78 is 33.6. The lowest BCUT2D eigenvalue weighted by Gasteiger charge is -2.34. The van der Waals surface area contributed by atoms with Crippen LogP contribution in [0.15, 0.2) is 17.0 Å². The molecule has 1 aromatic carbocycles. The molecular weight excluding hydrogens is 298 g/mol. The van der Waals surface area contributed by atoms with Gasteiger partial charge in [-0.05, 0) is 63.3 Å². The van der Waals surface area contributed by atoms with Gasteiger partial charge in [-0.3, -0.25) is 0 Å². The van der Waals surface area contributed by atoms with E-state index in [1.165, 1.54) is 0 Å². The Labute approximate surface area is 134 Å². The van der Waals surface area contributed by atoms with E-state index in [4.69, 9.17) is 4.74 Å². The molecule has 0 spiro atoms. The minimum atomic E-state index is -3.51.